The van der Waals surface area contributed by atoms with E-state index in [1.54, 1.807) is 30.0 Å². The predicted molar refractivity (Wildman–Crippen MR) is 73.1 cm³/mol. The minimum absolute atomic E-state index is 0.00914. The van der Waals surface area contributed by atoms with Gasteiger partial charge in [-0.3, -0.25) is 4.79 Å². The summed E-state index contributed by atoms with van der Waals surface area (Å²) in [5.74, 6) is 1.49. The van der Waals surface area contributed by atoms with Gasteiger partial charge in [0.15, 0.2) is 11.5 Å². The first kappa shape index (κ1) is 13.2. The summed E-state index contributed by atoms with van der Waals surface area (Å²) >= 11 is 0. The summed E-state index contributed by atoms with van der Waals surface area (Å²) in [6.07, 6.45) is 0.488. The second-order valence-electron chi connectivity index (χ2n) is 5.40. The molecule has 2 aliphatic rings. The lowest BCUT2D eigenvalue weighted by atomic mass is 10.0. The normalized spacial score (nSPS) is 22.7. The van der Waals surface area contributed by atoms with Crippen LogP contribution in [-0.4, -0.2) is 48.3 Å². The molecule has 1 saturated heterocycles. The number of carbonyl (C=O) groups excluding carboxylic acids is 1. The number of amides is 1. The second kappa shape index (κ2) is 5.32. The quantitative estimate of drug-likeness (QED) is 0.885. The molecular formula is C15H19NO4. The highest BCUT2D eigenvalue weighted by Gasteiger charge is 2.30. The van der Waals surface area contributed by atoms with Crippen LogP contribution in [0.5, 0.6) is 11.5 Å². The number of aliphatic hydroxyl groups excluding tert-OH is 1. The van der Waals surface area contributed by atoms with Gasteiger partial charge >= 0.3 is 0 Å². The molecule has 0 aliphatic carbocycles. The van der Waals surface area contributed by atoms with Crippen molar-refractivity contribution in [2.75, 3.05) is 26.3 Å². The monoisotopic (exact) mass is 277 g/mol. The fourth-order valence-electron chi connectivity index (χ4n) is 2.72. The van der Waals surface area contributed by atoms with E-state index in [1.807, 2.05) is 0 Å². The lowest BCUT2D eigenvalue weighted by Gasteiger charge is -2.21. The maximum atomic E-state index is 12.4. The third-order valence-corrected chi connectivity index (χ3v) is 3.98. The molecule has 0 aromatic heterocycles. The van der Waals surface area contributed by atoms with Crippen LogP contribution in [0.2, 0.25) is 0 Å². The van der Waals surface area contributed by atoms with Gasteiger partial charge in [0, 0.05) is 24.6 Å². The molecule has 3 rings (SSSR count). The smallest absolute Gasteiger partial charge is 0.254 e. The van der Waals surface area contributed by atoms with Crippen LogP contribution in [0.3, 0.4) is 0 Å². The number of carbonyl (C=O) groups is 1. The largest absolute Gasteiger partial charge is 0.486 e. The zero-order valence-electron chi connectivity index (χ0n) is 11.5. The van der Waals surface area contributed by atoms with Gasteiger partial charge in [0.25, 0.3) is 5.91 Å². The van der Waals surface area contributed by atoms with Crippen LogP contribution in [0.25, 0.3) is 0 Å². The van der Waals surface area contributed by atoms with Gasteiger partial charge in [-0.2, -0.15) is 0 Å². The van der Waals surface area contributed by atoms with Gasteiger partial charge in [0.05, 0.1) is 6.10 Å². The van der Waals surface area contributed by atoms with Crippen LogP contribution in [-0.2, 0) is 0 Å². The van der Waals surface area contributed by atoms with Crippen LogP contribution in [0.4, 0.5) is 0 Å². The van der Waals surface area contributed by atoms with Crippen molar-refractivity contribution in [3.63, 3.8) is 0 Å². The van der Waals surface area contributed by atoms with Crippen molar-refractivity contribution >= 4 is 5.91 Å². The third-order valence-electron chi connectivity index (χ3n) is 3.98. The Labute approximate surface area is 118 Å². The molecule has 2 aliphatic heterocycles. The van der Waals surface area contributed by atoms with Crippen molar-refractivity contribution < 1.29 is 19.4 Å². The Bertz CT molecular complexity index is 515. The summed E-state index contributed by atoms with van der Waals surface area (Å²) < 4.78 is 10.9. The van der Waals surface area contributed by atoms with Gasteiger partial charge < -0.3 is 19.5 Å². The zero-order valence-corrected chi connectivity index (χ0v) is 11.5. The van der Waals surface area contributed by atoms with E-state index in [9.17, 15) is 9.90 Å². The van der Waals surface area contributed by atoms with E-state index < -0.39 is 0 Å². The standard InChI is InChI=1S/C15H19NO4/c1-10(17)12-4-5-16(9-12)15(18)11-2-3-13-14(8-11)20-7-6-19-13/h2-3,8,10,12,17H,4-7,9H2,1H3. The Morgan fingerprint density at radius 2 is 2.10 bits per heavy atom. The van der Waals surface area contributed by atoms with E-state index in [1.165, 1.54) is 0 Å². The van der Waals surface area contributed by atoms with Crippen LogP contribution in [0.15, 0.2) is 18.2 Å². The number of likely N-dealkylation sites (tertiary alicyclic amines) is 1. The van der Waals surface area contributed by atoms with Gasteiger partial charge in [-0.15, -0.1) is 0 Å². The van der Waals surface area contributed by atoms with E-state index in [2.05, 4.69) is 0 Å². The zero-order chi connectivity index (χ0) is 14.1. The lowest BCUT2D eigenvalue weighted by Crippen LogP contribution is -2.30. The summed E-state index contributed by atoms with van der Waals surface area (Å²) in [7, 11) is 0. The molecular weight excluding hydrogens is 258 g/mol. The van der Waals surface area contributed by atoms with E-state index in [-0.39, 0.29) is 17.9 Å². The average Bonchev–Trinajstić information content (AvgIpc) is 2.96. The first-order chi connectivity index (χ1) is 9.65. The number of rotatable bonds is 2. The molecule has 0 saturated carbocycles. The van der Waals surface area contributed by atoms with Gasteiger partial charge in [-0.25, -0.2) is 0 Å². The van der Waals surface area contributed by atoms with Crippen molar-refractivity contribution in [3.8, 4) is 11.5 Å². The molecule has 1 amide bonds. The fourth-order valence-corrected chi connectivity index (χ4v) is 2.72. The molecule has 0 bridgehead atoms. The molecule has 5 heteroatoms. The van der Waals surface area contributed by atoms with Gasteiger partial charge in [-0.05, 0) is 31.5 Å². The molecule has 108 valence electrons. The average molecular weight is 277 g/mol. The van der Waals surface area contributed by atoms with E-state index >= 15 is 0 Å². The number of aliphatic hydroxyl groups is 1. The molecule has 2 atom stereocenters. The number of nitrogens with zero attached hydrogens (tertiary/aromatic N) is 1. The second-order valence-corrected chi connectivity index (χ2v) is 5.40. The first-order valence-electron chi connectivity index (χ1n) is 7.02. The summed E-state index contributed by atoms with van der Waals surface area (Å²) in [6.45, 7) is 4.15. The minimum Gasteiger partial charge on any atom is -0.486 e. The Morgan fingerprint density at radius 1 is 1.35 bits per heavy atom. The molecule has 1 N–H and O–H groups in total. The number of fused-ring (bicyclic) bond motifs is 1. The van der Waals surface area contributed by atoms with Crippen molar-refractivity contribution in [1.82, 2.24) is 4.90 Å². The van der Waals surface area contributed by atoms with Crippen molar-refractivity contribution in [3.05, 3.63) is 23.8 Å². The summed E-state index contributed by atoms with van der Waals surface area (Å²) in [5, 5.41) is 9.61. The fraction of sp³-hybridized carbons (Fsp3) is 0.533. The predicted octanol–water partition coefficient (Wildman–Crippen LogP) is 1.30. The minimum atomic E-state index is -0.368. The van der Waals surface area contributed by atoms with Crippen LogP contribution < -0.4 is 9.47 Å². The number of benzene rings is 1. The Hall–Kier alpha value is -1.75. The highest BCUT2D eigenvalue weighted by Crippen LogP contribution is 2.31. The van der Waals surface area contributed by atoms with Gasteiger partial charge in [0.1, 0.15) is 13.2 Å². The topological polar surface area (TPSA) is 59.0 Å². The Balaban J connectivity index is 1.74. The summed E-state index contributed by atoms with van der Waals surface area (Å²) in [4.78, 5) is 14.2. The third kappa shape index (κ3) is 2.45. The Kier molecular flexibility index (Phi) is 3.53. The maximum Gasteiger partial charge on any atom is 0.254 e. The maximum absolute atomic E-state index is 12.4. The molecule has 0 radical (unpaired) electrons. The number of hydrogen-bond acceptors (Lipinski definition) is 4. The SMILES string of the molecule is CC(O)C1CCN(C(=O)c2ccc3c(c2)OCCO3)C1. The first-order valence-corrected chi connectivity index (χ1v) is 7.02. The highest BCUT2D eigenvalue weighted by molar-refractivity contribution is 5.95. The molecule has 1 aromatic rings. The molecule has 2 heterocycles. The van der Waals surface area contributed by atoms with Gasteiger partial charge in [0.2, 0.25) is 0 Å². The molecule has 5 nitrogen and oxygen atoms in total. The van der Waals surface area contributed by atoms with E-state index in [0.29, 0.717) is 43.4 Å². The molecule has 0 spiro atoms. The molecule has 1 fully saturated rings. The molecule has 2 unspecified atom stereocenters. The van der Waals surface area contributed by atoms with E-state index in [0.717, 1.165) is 6.42 Å². The summed E-state index contributed by atoms with van der Waals surface area (Å²) in [5.41, 5.74) is 0.612. The van der Waals surface area contributed by atoms with Crippen LogP contribution in [0.1, 0.15) is 23.7 Å². The van der Waals surface area contributed by atoms with Crippen molar-refractivity contribution in [1.29, 1.82) is 0 Å². The highest BCUT2D eigenvalue weighted by atomic mass is 16.6. The van der Waals surface area contributed by atoms with Crippen molar-refractivity contribution in [2.45, 2.75) is 19.4 Å². The van der Waals surface area contributed by atoms with Crippen LogP contribution >= 0.6 is 0 Å². The van der Waals surface area contributed by atoms with E-state index in [4.69, 9.17) is 9.47 Å². The molecule has 1 aromatic carbocycles. The summed E-state index contributed by atoms with van der Waals surface area (Å²) in [6, 6.07) is 5.29. The van der Waals surface area contributed by atoms with Crippen LogP contribution in [0, 0.1) is 5.92 Å². The van der Waals surface area contributed by atoms with Crippen molar-refractivity contribution in [2.24, 2.45) is 5.92 Å². The lowest BCUT2D eigenvalue weighted by molar-refractivity contribution is 0.0761. The Morgan fingerprint density at radius 3 is 2.80 bits per heavy atom. The number of ether oxygens (including phenoxy) is 2. The van der Waals surface area contributed by atoms with Gasteiger partial charge in [-0.1, -0.05) is 0 Å². The molecule has 20 heavy (non-hydrogen) atoms. The number of hydrogen-bond donors (Lipinski definition) is 1.